The second kappa shape index (κ2) is 10.7. The number of allylic oxidation sites excluding steroid dienone is 4. The van der Waals surface area contributed by atoms with Crippen LogP contribution in [0, 0.1) is 5.92 Å². The molecular weight excluding hydrogens is 646 g/mol. The van der Waals surface area contributed by atoms with Crippen molar-refractivity contribution in [2.24, 2.45) is 5.92 Å². The molecule has 1 nitrogen and oxygen atoms in total. The number of halogens is 1. The molecular formula is C46H38BrN. The third kappa shape index (κ3) is 4.35. The van der Waals surface area contributed by atoms with Crippen molar-refractivity contribution in [3.63, 3.8) is 0 Å². The first-order valence-electron chi connectivity index (χ1n) is 17.0. The fourth-order valence-corrected chi connectivity index (χ4v) is 9.27. The van der Waals surface area contributed by atoms with Crippen LogP contribution in [0.3, 0.4) is 0 Å². The molecule has 48 heavy (non-hydrogen) atoms. The Morgan fingerprint density at radius 1 is 0.604 bits per heavy atom. The molecule has 3 aliphatic carbocycles. The minimum Gasteiger partial charge on any atom is -0.310 e. The van der Waals surface area contributed by atoms with Gasteiger partial charge >= 0.3 is 0 Å². The summed E-state index contributed by atoms with van der Waals surface area (Å²) < 4.78 is 1.19. The molecule has 0 saturated heterocycles. The molecule has 0 radical (unpaired) electrons. The zero-order valence-corrected chi connectivity index (χ0v) is 29.4. The normalized spacial score (nSPS) is 19.3. The summed E-state index contributed by atoms with van der Waals surface area (Å²) in [6, 6.07) is 47.6. The van der Waals surface area contributed by atoms with E-state index in [0.29, 0.717) is 11.8 Å². The van der Waals surface area contributed by atoms with Gasteiger partial charge in [-0.3, -0.25) is 0 Å². The molecule has 2 heteroatoms. The van der Waals surface area contributed by atoms with Gasteiger partial charge in [0, 0.05) is 32.6 Å². The Morgan fingerprint density at radius 3 is 2.17 bits per heavy atom. The van der Waals surface area contributed by atoms with Crippen molar-refractivity contribution in [2.75, 3.05) is 4.90 Å². The van der Waals surface area contributed by atoms with Gasteiger partial charge in [0.2, 0.25) is 0 Å². The lowest BCUT2D eigenvalue weighted by Crippen LogP contribution is -2.25. The summed E-state index contributed by atoms with van der Waals surface area (Å²) in [5, 5.41) is 2.48. The summed E-state index contributed by atoms with van der Waals surface area (Å²) in [5.41, 5.74) is 14.4. The van der Waals surface area contributed by atoms with E-state index in [0.717, 1.165) is 5.69 Å². The first-order chi connectivity index (χ1) is 23.2. The maximum Gasteiger partial charge on any atom is 0.0540 e. The Bertz CT molecular complexity index is 2310. The number of rotatable bonds is 4. The van der Waals surface area contributed by atoms with E-state index in [1.165, 1.54) is 71.1 Å². The van der Waals surface area contributed by atoms with Gasteiger partial charge in [0.25, 0.3) is 0 Å². The van der Waals surface area contributed by atoms with Gasteiger partial charge in [-0.05, 0) is 91.6 Å². The number of hydrogen-bond donors (Lipinski definition) is 0. The summed E-state index contributed by atoms with van der Waals surface area (Å²) >= 11 is 3.73. The molecule has 0 bridgehead atoms. The summed E-state index contributed by atoms with van der Waals surface area (Å²) in [6.07, 6.45) is 6.98. The number of hydrogen-bond acceptors (Lipinski definition) is 1. The van der Waals surface area contributed by atoms with Crippen LogP contribution < -0.4 is 4.90 Å². The minimum atomic E-state index is -0.0727. The van der Waals surface area contributed by atoms with Gasteiger partial charge < -0.3 is 4.90 Å². The zero-order chi connectivity index (χ0) is 32.8. The lowest BCUT2D eigenvalue weighted by molar-refractivity contribution is 0.394. The van der Waals surface area contributed by atoms with Gasteiger partial charge in [-0.1, -0.05) is 159 Å². The van der Waals surface area contributed by atoms with E-state index in [-0.39, 0.29) is 10.8 Å². The number of benzene rings is 6. The standard InChI is InChI=1S/C46H38BrN/c1-45(2)40-14-8-7-13-36(40)39-25-22-34(28-43(39)45)48(44-15-9-11-30-10-5-6-12-35(30)44)33-20-16-29(17-21-33)31-18-23-37-38-24-19-32(47)27-42(38)46(3,4)41(37)26-31/h5-28,38,42H,1-4H3. The third-order valence-electron chi connectivity index (χ3n) is 11.4. The zero-order valence-electron chi connectivity index (χ0n) is 27.8. The molecule has 3 aliphatic rings. The van der Waals surface area contributed by atoms with Crippen LogP contribution in [0.2, 0.25) is 0 Å². The fourth-order valence-electron chi connectivity index (χ4n) is 8.83. The van der Waals surface area contributed by atoms with E-state index >= 15 is 0 Å². The fraction of sp³-hybridized carbons (Fsp3) is 0.174. The maximum atomic E-state index is 3.73. The molecule has 6 aromatic carbocycles. The van der Waals surface area contributed by atoms with Crippen LogP contribution in [0.15, 0.2) is 150 Å². The van der Waals surface area contributed by atoms with E-state index in [1.54, 1.807) is 0 Å². The van der Waals surface area contributed by atoms with Crippen LogP contribution in [0.4, 0.5) is 17.1 Å². The number of fused-ring (bicyclic) bond motifs is 7. The van der Waals surface area contributed by atoms with Crippen molar-refractivity contribution >= 4 is 43.8 Å². The largest absolute Gasteiger partial charge is 0.310 e. The Morgan fingerprint density at radius 2 is 1.31 bits per heavy atom. The Balaban J connectivity index is 1.15. The predicted octanol–water partition coefficient (Wildman–Crippen LogP) is 13.1. The maximum absolute atomic E-state index is 3.73. The van der Waals surface area contributed by atoms with Crippen molar-refractivity contribution in [1.29, 1.82) is 0 Å². The van der Waals surface area contributed by atoms with Crippen LogP contribution in [-0.4, -0.2) is 0 Å². The second-order valence-electron chi connectivity index (χ2n) is 14.8. The van der Waals surface area contributed by atoms with Crippen LogP contribution in [0.25, 0.3) is 33.0 Å². The summed E-state index contributed by atoms with van der Waals surface area (Å²) in [7, 11) is 0. The van der Waals surface area contributed by atoms with Crippen molar-refractivity contribution < 1.29 is 0 Å². The Kier molecular flexibility index (Phi) is 6.55. The summed E-state index contributed by atoms with van der Waals surface area (Å²) in [6.45, 7) is 9.52. The van der Waals surface area contributed by atoms with Gasteiger partial charge in [-0.15, -0.1) is 0 Å². The van der Waals surface area contributed by atoms with E-state index in [4.69, 9.17) is 0 Å². The van der Waals surface area contributed by atoms with Crippen molar-refractivity contribution in [2.45, 2.75) is 44.4 Å². The van der Waals surface area contributed by atoms with Gasteiger partial charge in [0.15, 0.2) is 0 Å². The molecule has 0 heterocycles. The average molecular weight is 685 g/mol. The van der Waals surface area contributed by atoms with Gasteiger partial charge in [0.05, 0.1) is 5.69 Å². The first kappa shape index (κ1) is 29.5. The van der Waals surface area contributed by atoms with Crippen LogP contribution >= 0.6 is 15.9 Å². The molecule has 6 aromatic rings. The number of nitrogens with zero attached hydrogens (tertiary/aromatic N) is 1. The molecule has 0 aliphatic heterocycles. The van der Waals surface area contributed by atoms with Crippen molar-refractivity contribution in [3.05, 3.63) is 172 Å². The Hall–Kier alpha value is -4.66. The molecule has 0 fully saturated rings. The van der Waals surface area contributed by atoms with Crippen molar-refractivity contribution in [1.82, 2.24) is 0 Å². The van der Waals surface area contributed by atoms with E-state index in [9.17, 15) is 0 Å². The highest BCUT2D eigenvalue weighted by Gasteiger charge is 2.45. The highest BCUT2D eigenvalue weighted by Crippen LogP contribution is 2.55. The molecule has 0 saturated carbocycles. The monoisotopic (exact) mass is 683 g/mol. The van der Waals surface area contributed by atoms with E-state index in [2.05, 4.69) is 194 Å². The smallest absolute Gasteiger partial charge is 0.0540 e. The molecule has 2 atom stereocenters. The van der Waals surface area contributed by atoms with Gasteiger partial charge in [-0.2, -0.15) is 0 Å². The average Bonchev–Trinajstić information content (AvgIpc) is 3.47. The lowest BCUT2D eigenvalue weighted by atomic mass is 9.74. The molecule has 9 rings (SSSR count). The Labute approximate surface area is 292 Å². The predicted molar refractivity (Wildman–Crippen MR) is 207 cm³/mol. The quantitative estimate of drug-likeness (QED) is 0.179. The summed E-state index contributed by atoms with van der Waals surface area (Å²) in [4.78, 5) is 2.44. The molecule has 0 spiro atoms. The molecule has 234 valence electrons. The highest BCUT2D eigenvalue weighted by atomic mass is 79.9. The van der Waals surface area contributed by atoms with E-state index in [1.807, 2.05) is 0 Å². The number of anilines is 3. The van der Waals surface area contributed by atoms with Crippen LogP contribution in [0.5, 0.6) is 0 Å². The highest BCUT2D eigenvalue weighted by molar-refractivity contribution is 9.11. The van der Waals surface area contributed by atoms with E-state index < -0.39 is 0 Å². The lowest BCUT2D eigenvalue weighted by Gasteiger charge is -2.30. The molecule has 0 amide bonds. The minimum absolute atomic E-state index is 0.0614. The third-order valence-corrected chi connectivity index (χ3v) is 11.9. The van der Waals surface area contributed by atoms with Crippen LogP contribution in [0.1, 0.15) is 55.9 Å². The first-order valence-corrected chi connectivity index (χ1v) is 17.8. The van der Waals surface area contributed by atoms with Gasteiger partial charge in [0.1, 0.15) is 0 Å². The SMILES string of the molecule is CC1(C)c2ccccc2-c2ccc(N(c3ccc(-c4ccc5c(c4)C(C)(C)C4C=C(Br)C=CC54)cc3)c3cccc4ccccc34)cc21. The molecule has 0 aromatic heterocycles. The van der Waals surface area contributed by atoms with Gasteiger partial charge in [-0.25, -0.2) is 0 Å². The topological polar surface area (TPSA) is 3.24 Å². The molecule has 2 unspecified atom stereocenters. The van der Waals surface area contributed by atoms with Crippen molar-refractivity contribution in [3.8, 4) is 22.3 Å². The summed E-state index contributed by atoms with van der Waals surface area (Å²) in [5.74, 6) is 0.899. The second-order valence-corrected chi connectivity index (χ2v) is 15.7. The molecule has 0 N–H and O–H groups in total. The van der Waals surface area contributed by atoms with Crippen LogP contribution in [-0.2, 0) is 10.8 Å².